The Balaban J connectivity index is 1.85. The molecule has 1 aliphatic carbocycles. The van der Waals surface area contributed by atoms with Crippen molar-refractivity contribution in [3.8, 4) is 0 Å². The summed E-state index contributed by atoms with van der Waals surface area (Å²) in [6.07, 6.45) is 7.26. The van der Waals surface area contributed by atoms with Gasteiger partial charge in [0.1, 0.15) is 5.60 Å². The Hall–Kier alpha value is -0.810. The van der Waals surface area contributed by atoms with E-state index < -0.39 is 5.60 Å². The first-order valence-corrected chi connectivity index (χ1v) is 8.99. The van der Waals surface area contributed by atoms with Crippen LogP contribution in [0, 0.1) is 5.92 Å². The number of methoxy groups -OCH3 is 1. The third-order valence-corrected chi connectivity index (χ3v) is 4.66. The summed E-state index contributed by atoms with van der Waals surface area (Å²) in [4.78, 5) is 14.2. The average Bonchev–Trinajstić information content (AvgIpc) is 2.88. The van der Waals surface area contributed by atoms with Crippen molar-refractivity contribution in [2.75, 3.05) is 26.9 Å². The summed E-state index contributed by atoms with van der Waals surface area (Å²) in [6, 6.07) is 0.0474. The Kier molecular flexibility index (Phi) is 6.72. The van der Waals surface area contributed by atoms with Crippen LogP contribution in [0.4, 0.5) is 4.79 Å². The Bertz CT molecular complexity index is 374. The molecular weight excluding hydrogens is 294 g/mol. The number of likely N-dealkylation sites (tertiary alicyclic amines) is 1. The van der Waals surface area contributed by atoms with Crippen LogP contribution < -0.4 is 0 Å². The fourth-order valence-electron chi connectivity index (χ4n) is 3.51. The lowest BCUT2D eigenvalue weighted by atomic mass is 9.90. The van der Waals surface area contributed by atoms with E-state index in [0.29, 0.717) is 19.1 Å². The van der Waals surface area contributed by atoms with Crippen LogP contribution in [-0.2, 0) is 14.2 Å². The maximum Gasteiger partial charge on any atom is 0.410 e. The first-order chi connectivity index (χ1) is 10.9. The van der Waals surface area contributed by atoms with Gasteiger partial charge in [0.05, 0.1) is 25.3 Å². The minimum absolute atomic E-state index is 0.0474. The van der Waals surface area contributed by atoms with Gasteiger partial charge in [0, 0.05) is 13.7 Å². The lowest BCUT2D eigenvalue weighted by molar-refractivity contribution is 0.00736. The zero-order chi connectivity index (χ0) is 16.9. The van der Waals surface area contributed by atoms with Crippen molar-refractivity contribution >= 4 is 6.09 Å². The van der Waals surface area contributed by atoms with E-state index in [1.807, 2.05) is 20.8 Å². The van der Waals surface area contributed by atoms with Gasteiger partial charge in [-0.3, -0.25) is 0 Å². The van der Waals surface area contributed by atoms with Gasteiger partial charge < -0.3 is 19.1 Å². The van der Waals surface area contributed by atoms with E-state index in [-0.39, 0.29) is 18.2 Å². The highest BCUT2D eigenvalue weighted by Gasteiger charge is 2.38. The van der Waals surface area contributed by atoms with E-state index in [4.69, 9.17) is 14.2 Å². The third-order valence-electron chi connectivity index (χ3n) is 4.66. The molecule has 1 aliphatic heterocycles. The molecule has 0 spiro atoms. The lowest BCUT2D eigenvalue weighted by Gasteiger charge is -2.28. The zero-order valence-electron chi connectivity index (χ0n) is 15.2. The molecule has 1 heterocycles. The van der Waals surface area contributed by atoms with Gasteiger partial charge in [0.2, 0.25) is 0 Å². The smallest absolute Gasteiger partial charge is 0.410 e. The highest BCUT2D eigenvalue weighted by atomic mass is 16.6. The fourth-order valence-corrected chi connectivity index (χ4v) is 3.51. The minimum Gasteiger partial charge on any atom is -0.444 e. The van der Waals surface area contributed by atoms with E-state index in [0.717, 1.165) is 13.0 Å². The van der Waals surface area contributed by atoms with Crippen molar-refractivity contribution < 1.29 is 19.0 Å². The van der Waals surface area contributed by atoms with Crippen LogP contribution in [0.1, 0.15) is 59.3 Å². The van der Waals surface area contributed by atoms with E-state index in [2.05, 4.69) is 0 Å². The van der Waals surface area contributed by atoms with Crippen LogP contribution >= 0.6 is 0 Å². The van der Waals surface area contributed by atoms with Crippen molar-refractivity contribution in [2.45, 2.75) is 77.0 Å². The van der Waals surface area contributed by atoms with E-state index in [1.54, 1.807) is 12.0 Å². The van der Waals surface area contributed by atoms with Crippen LogP contribution in [0.3, 0.4) is 0 Å². The highest BCUT2D eigenvalue weighted by Crippen LogP contribution is 2.27. The summed E-state index contributed by atoms with van der Waals surface area (Å²) in [6.45, 7) is 7.64. The van der Waals surface area contributed by atoms with Gasteiger partial charge in [-0.15, -0.1) is 0 Å². The molecule has 0 N–H and O–H groups in total. The number of nitrogens with zero attached hydrogens (tertiary/aromatic N) is 1. The minimum atomic E-state index is -0.476. The number of hydrogen-bond donors (Lipinski definition) is 0. The quantitative estimate of drug-likeness (QED) is 0.774. The maximum absolute atomic E-state index is 12.4. The predicted molar refractivity (Wildman–Crippen MR) is 89.5 cm³/mol. The van der Waals surface area contributed by atoms with Gasteiger partial charge in [-0.25, -0.2) is 4.79 Å². The molecule has 5 nitrogen and oxygen atoms in total. The van der Waals surface area contributed by atoms with Crippen molar-refractivity contribution in [3.63, 3.8) is 0 Å². The highest BCUT2D eigenvalue weighted by molar-refractivity contribution is 5.69. The molecule has 5 heteroatoms. The molecule has 0 bridgehead atoms. The second-order valence-electron chi connectivity index (χ2n) is 7.94. The molecule has 23 heavy (non-hydrogen) atoms. The van der Waals surface area contributed by atoms with Gasteiger partial charge >= 0.3 is 6.09 Å². The molecule has 1 amide bonds. The summed E-state index contributed by atoms with van der Waals surface area (Å²) >= 11 is 0. The molecule has 1 saturated heterocycles. The Labute approximate surface area is 140 Å². The molecule has 1 saturated carbocycles. The van der Waals surface area contributed by atoms with Crippen molar-refractivity contribution in [1.82, 2.24) is 4.90 Å². The van der Waals surface area contributed by atoms with Crippen LogP contribution in [-0.4, -0.2) is 55.6 Å². The van der Waals surface area contributed by atoms with Gasteiger partial charge in [-0.2, -0.15) is 0 Å². The fraction of sp³-hybridized carbons (Fsp3) is 0.944. The van der Waals surface area contributed by atoms with E-state index in [9.17, 15) is 4.79 Å². The monoisotopic (exact) mass is 327 g/mol. The molecule has 0 radical (unpaired) electrons. The third kappa shape index (κ3) is 5.96. The molecule has 2 fully saturated rings. The first kappa shape index (κ1) is 18.5. The first-order valence-electron chi connectivity index (χ1n) is 8.99. The second kappa shape index (κ2) is 8.34. The molecule has 0 unspecified atom stereocenters. The zero-order valence-corrected chi connectivity index (χ0v) is 15.2. The number of ether oxygens (including phenoxy) is 3. The SMILES string of the molecule is COC[C@@H]1C[C@H](OCC2CCCCC2)CN1C(=O)OC(C)(C)C. The normalized spacial score (nSPS) is 26.5. The summed E-state index contributed by atoms with van der Waals surface area (Å²) in [7, 11) is 1.67. The number of amides is 1. The number of rotatable bonds is 5. The Morgan fingerprint density at radius 2 is 1.83 bits per heavy atom. The summed E-state index contributed by atoms with van der Waals surface area (Å²) in [5, 5.41) is 0. The molecule has 2 rings (SSSR count). The molecule has 2 atom stereocenters. The van der Waals surface area contributed by atoms with Crippen LogP contribution in [0.5, 0.6) is 0 Å². The van der Waals surface area contributed by atoms with Crippen molar-refractivity contribution in [2.24, 2.45) is 5.92 Å². The Morgan fingerprint density at radius 1 is 1.13 bits per heavy atom. The molecule has 0 aromatic heterocycles. The lowest BCUT2D eigenvalue weighted by Crippen LogP contribution is -2.42. The summed E-state index contributed by atoms with van der Waals surface area (Å²) in [5.74, 6) is 0.695. The average molecular weight is 327 g/mol. The summed E-state index contributed by atoms with van der Waals surface area (Å²) < 4.78 is 16.9. The van der Waals surface area contributed by atoms with Crippen molar-refractivity contribution in [3.05, 3.63) is 0 Å². The number of hydrogen-bond acceptors (Lipinski definition) is 4. The maximum atomic E-state index is 12.4. The van der Waals surface area contributed by atoms with Crippen LogP contribution in [0.2, 0.25) is 0 Å². The topological polar surface area (TPSA) is 48.0 Å². The van der Waals surface area contributed by atoms with Gasteiger partial charge in [-0.05, 0) is 46.0 Å². The molecule has 0 aromatic carbocycles. The molecule has 2 aliphatic rings. The number of carbonyl (C=O) groups excluding carboxylic acids is 1. The standard InChI is InChI=1S/C18H33NO4/c1-18(2,3)23-17(20)19-11-16(10-15(19)13-21-4)22-12-14-8-6-5-7-9-14/h14-16H,5-13H2,1-4H3/t15-,16-/m0/s1. The van der Waals surface area contributed by atoms with Gasteiger partial charge in [0.15, 0.2) is 0 Å². The molecule has 134 valence electrons. The van der Waals surface area contributed by atoms with E-state index in [1.165, 1.54) is 32.1 Å². The predicted octanol–water partition coefficient (Wildman–Crippen LogP) is 3.61. The molecular formula is C18H33NO4. The van der Waals surface area contributed by atoms with Crippen LogP contribution in [0.25, 0.3) is 0 Å². The second-order valence-corrected chi connectivity index (χ2v) is 7.94. The van der Waals surface area contributed by atoms with Gasteiger partial charge in [0.25, 0.3) is 0 Å². The van der Waals surface area contributed by atoms with Crippen LogP contribution in [0.15, 0.2) is 0 Å². The van der Waals surface area contributed by atoms with E-state index >= 15 is 0 Å². The molecule has 0 aromatic rings. The van der Waals surface area contributed by atoms with Gasteiger partial charge in [-0.1, -0.05) is 19.3 Å². The summed E-state index contributed by atoms with van der Waals surface area (Å²) in [5.41, 5.74) is -0.476. The Morgan fingerprint density at radius 3 is 2.43 bits per heavy atom. The van der Waals surface area contributed by atoms with Crippen molar-refractivity contribution in [1.29, 1.82) is 0 Å². The number of carbonyl (C=O) groups is 1. The largest absolute Gasteiger partial charge is 0.444 e.